The molecule has 104 heavy (non-hydrogen) atoms. The minimum atomic E-state index is -1.98. The molecule has 0 spiro atoms. The lowest BCUT2D eigenvalue weighted by molar-refractivity contribution is -0.379. The summed E-state index contributed by atoms with van der Waals surface area (Å²) in [5.74, 6) is -0.284. The number of aliphatic hydroxyl groups excluding tert-OH is 11. The molecule has 0 aromatic carbocycles. The third-order valence-electron chi connectivity index (χ3n) is 21.0. The molecule has 19 nitrogen and oxygen atoms in total. The van der Waals surface area contributed by atoms with E-state index in [4.69, 9.17) is 28.4 Å². The van der Waals surface area contributed by atoms with E-state index in [2.05, 4.69) is 67.8 Å². The molecule has 19 heteroatoms. The second-order valence-corrected chi connectivity index (χ2v) is 30.3. The first kappa shape index (κ1) is 95.7. The van der Waals surface area contributed by atoms with Crippen LogP contribution in [0.3, 0.4) is 0 Å². The lowest BCUT2D eigenvalue weighted by Crippen LogP contribution is -2.66. The van der Waals surface area contributed by atoms with Gasteiger partial charge in [0.1, 0.15) is 73.2 Å². The van der Waals surface area contributed by atoms with E-state index in [0.29, 0.717) is 12.8 Å². The average molecular weight is 1480 g/mol. The lowest BCUT2D eigenvalue weighted by Gasteiger charge is -2.48. The molecule has 0 aromatic heterocycles. The highest BCUT2D eigenvalue weighted by atomic mass is 16.8. The van der Waals surface area contributed by atoms with Gasteiger partial charge in [-0.2, -0.15) is 0 Å². The average Bonchev–Trinajstić information content (AvgIpc) is 0.783. The maximum Gasteiger partial charge on any atom is 0.220 e. The van der Waals surface area contributed by atoms with Gasteiger partial charge in [-0.15, -0.1) is 0 Å². The van der Waals surface area contributed by atoms with Gasteiger partial charge in [0.15, 0.2) is 18.9 Å². The molecule has 17 unspecified atom stereocenters. The number of nitrogens with one attached hydrogen (secondary N) is 1. The van der Waals surface area contributed by atoms with Crippen LogP contribution >= 0.6 is 0 Å². The number of ether oxygens (including phenoxy) is 6. The van der Waals surface area contributed by atoms with E-state index in [1.54, 1.807) is 6.08 Å². The summed E-state index contributed by atoms with van der Waals surface area (Å²) in [7, 11) is 0. The Hall–Kier alpha value is -2.51. The van der Waals surface area contributed by atoms with Crippen LogP contribution < -0.4 is 5.32 Å². The summed E-state index contributed by atoms with van der Waals surface area (Å²) in [5, 5.41) is 121. The third kappa shape index (κ3) is 44.4. The van der Waals surface area contributed by atoms with Crippen LogP contribution in [0, 0.1) is 0 Å². The molecular weight excluding hydrogens is 1320 g/mol. The van der Waals surface area contributed by atoms with Crippen molar-refractivity contribution in [1.29, 1.82) is 0 Å². The summed E-state index contributed by atoms with van der Waals surface area (Å²) in [6.45, 7) is 1.74. The van der Waals surface area contributed by atoms with Crippen LogP contribution in [0.15, 0.2) is 60.8 Å². The van der Waals surface area contributed by atoms with E-state index in [-0.39, 0.29) is 18.9 Å². The van der Waals surface area contributed by atoms with Crippen molar-refractivity contribution >= 4 is 5.91 Å². The zero-order chi connectivity index (χ0) is 75.3. The summed E-state index contributed by atoms with van der Waals surface area (Å²) in [6.07, 6.45) is 58.0. The van der Waals surface area contributed by atoms with E-state index < -0.39 is 124 Å². The van der Waals surface area contributed by atoms with Crippen molar-refractivity contribution in [3.8, 4) is 0 Å². The number of hydrogen-bond donors (Lipinski definition) is 12. The summed E-state index contributed by atoms with van der Waals surface area (Å²) in [6, 6.07) is -0.998. The van der Waals surface area contributed by atoms with Gasteiger partial charge in [0.05, 0.1) is 38.6 Å². The van der Waals surface area contributed by atoms with E-state index in [0.717, 1.165) is 51.4 Å². The molecule has 3 fully saturated rings. The van der Waals surface area contributed by atoms with E-state index >= 15 is 0 Å². The van der Waals surface area contributed by atoms with Gasteiger partial charge in [-0.05, 0) is 77.0 Å². The summed E-state index contributed by atoms with van der Waals surface area (Å²) >= 11 is 0. The third-order valence-corrected chi connectivity index (χ3v) is 21.0. The van der Waals surface area contributed by atoms with Crippen LogP contribution in [0.1, 0.15) is 341 Å². The number of allylic oxidation sites excluding steroid dienone is 9. The van der Waals surface area contributed by atoms with Crippen molar-refractivity contribution in [3.05, 3.63) is 60.8 Å². The number of unbranched alkanes of at least 4 members (excludes halogenated alkanes) is 44. The fourth-order valence-electron chi connectivity index (χ4n) is 14.2. The summed E-state index contributed by atoms with van der Waals surface area (Å²) in [5.41, 5.74) is 0. The number of carbonyl (C=O) groups is 1. The normalized spacial score (nSPS) is 26.2. The molecule has 12 N–H and O–H groups in total. The Bertz CT molecular complexity index is 2110. The van der Waals surface area contributed by atoms with Crippen molar-refractivity contribution in [2.45, 2.75) is 446 Å². The highest BCUT2D eigenvalue weighted by molar-refractivity contribution is 5.76. The zero-order valence-electron chi connectivity index (χ0n) is 65.3. The molecule has 3 saturated heterocycles. The molecule has 0 radical (unpaired) electrons. The maximum absolute atomic E-state index is 13.5. The zero-order valence-corrected chi connectivity index (χ0v) is 65.3. The molecule has 17 atom stereocenters. The van der Waals surface area contributed by atoms with Crippen molar-refractivity contribution in [2.75, 3.05) is 26.4 Å². The van der Waals surface area contributed by atoms with E-state index in [1.165, 1.54) is 257 Å². The minimum Gasteiger partial charge on any atom is -0.394 e. The monoisotopic (exact) mass is 1480 g/mol. The smallest absolute Gasteiger partial charge is 0.220 e. The number of hydrogen-bond acceptors (Lipinski definition) is 18. The second-order valence-electron chi connectivity index (χ2n) is 30.3. The van der Waals surface area contributed by atoms with Crippen LogP contribution in [0.5, 0.6) is 0 Å². The molecule has 1 amide bonds. The Morgan fingerprint density at radius 3 is 1.02 bits per heavy atom. The Morgan fingerprint density at radius 1 is 0.346 bits per heavy atom. The van der Waals surface area contributed by atoms with Gasteiger partial charge in [-0.1, -0.05) is 319 Å². The van der Waals surface area contributed by atoms with Crippen molar-refractivity contribution in [1.82, 2.24) is 5.32 Å². The van der Waals surface area contributed by atoms with Crippen molar-refractivity contribution in [2.24, 2.45) is 0 Å². The molecule has 3 aliphatic rings. The van der Waals surface area contributed by atoms with Crippen molar-refractivity contribution in [3.63, 3.8) is 0 Å². The summed E-state index contributed by atoms with van der Waals surface area (Å²) in [4.78, 5) is 13.5. The Balaban J connectivity index is 1.35. The van der Waals surface area contributed by atoms with Crippen molar-refractivity contribution < 1.29 is 89.4 Å². The fourth-order valence-corrected chi connectivity index (χ4v) is 14.2. The van der Waals surface area contributed by atoms with E-state index in [1.807, 2.05) is 6.08 Å². The van der Waals surface area contributed by atoms with E-state index in [9.17, 15) is 61.0 Å². The number of rotatable bonds is 68. The Morgan fingerprint density at radius 2 is 0.644 bits per heavy atom. The molecular formula is C85H155NO18. The van der Waals surface area contributed by atoms with Gasteiger partial charge < -0.3 is 89.9 Å². The molecule has 608 valence electrons. The standard InChI is InChI=1S/C85H155NO18/c1-3-5-7-9-11-13-15-17-19-21-23-25-27-29-30-31-32-33-34-35-36-37-38-39-41-43-45-47-49-51-53-55-57-59-61-63-73(91)86-68(69(90)62-60-58-56-54-52-50-48-46-44-42-40-28-26-24-22-20-18-16-14-12-10-8-6-4-2)67-99-83-79(97)76(94)81(71(65-88)101-83)104-85-80(98)77(95)82(72(66-89)102-85)103-84-78(96)75(93)74(92)70(64-87)100-84/h15,17,21,23,44,46,52,54,60,62,68-72,74-85,87-90,92-98H,3-14,16,18-20,22,24-43,45,47-51,53,55-59,61,63-67H2,1-2H3,(H,86,91)/b17-15-,23-21-,46-44+,54-52+,62-60+. The molecule has 0 saturated carbocycles. The van der Waals surface area contributed by atoms with Gasteiger partial charge in [0.25, 0.3) is 0 Å². The predicted octanol–water partition coefficient (Wildman–Crippen LogP) is 15.0. The first-order chi connectivity index (χ1) is 50.8. The van der Waals surface area contributed by atoms with Crippen LogP contribution in [0.25, 0.3) is 0 Å². The fraction of sp³-hybridized carbons (Fsp3) is 0.871. The van der Waals surface area contributed by atoms with Gasteiger partial charge in [0, 0.05) is 6.42 Å². The van der Waals surface area contributed by atoms with Gasteiger partial charge in [-0.25, -0.2) is 0 Å². The summed E-state index contributed by atoms with van der Waals surface area (Å²) < 4.78 is 34.5. The van der Waals surface area contributed by atoms with Gasteiger partial charge in [-0.3, -0.25) is 4.79 Å². The number of amides is 1. The van der Waals surface area contributed by atoms with Crippen LogP contribution in [-0.4, -0.2) is 193 Å². The van der Waals surface area contributed by atoms with Gasteiger partial charge in [0.2, 0.25) is 5.91 Å². The number of carbonyl (C=O) groups excluding carboxylic acids is 1. The molecule has 0 aliphatic carbocycles. The topological polar surface area (TPSA) is 307 Å². The molecule has 0 aromatic rings. The highest BCUT2D eigenvalue weighted by Gasteiger charge is 2.54. The largest absolute Gasteiger partial charge is 0.394 e. The molecule has 3 heterocycles. The Kier molecular flexibility index (Phi) is 60.0. The first-order valence-electron chi connectivity index (χ1n) is 42.5. The quantitative estimate of drug-likeness (QED) is 0.0199. The SMILES string of the molecule is CCCCCCC/C=C\C/C=C\CCCCCCCCCCCCCCCCCCCCCCCCCC(=O)NC(COC1OC(CO)C(OC2OC(CO)C(OC3OC(CO)C(O)C(O)C3O)C(O)C2O)C(O)C1O)C(O)/C=C/CC/C=C/CC/C=C/CCCCCCCCCCCCCCCC. The second kappa shape index (κ2) is 65.2. The molecule has 3 rings (SSSR count). The van der Waals surface area contributed by atoms with Crippen LogP contribution in [-0.2, 0) is 33.2 Å². The molecule has 3 aliphatic heterocycles. The maximum atomic E-state index is 13.5. The number of aliphatic hydroxyl groups is 11. The van der Waals surface area contributed by atoms with Crippen LogP contribution in [0.2, 0.25) is 0 Å². The minimum absolute atomic E-state index is 0.234. The highest BCUT2D eigenvalue weighted by Crippen LogP contribution is 2.33. The lowest BCUT2D eigenvalue weighted by atomic mass is 9.96. The van der Waals surface area contributed by atoms with Gasteiger partial charge >= 0.3 is 0 Å². The first-order valence-corrected chi connectivity index (χ1v) is 42.5. The predicted molar refractivity (Wildman–Crippen MR) is 415 cm³/mol. The Labute approximate surface area is 630 Å². The van der Waals surface area contributed by atoms with Crippen LogP contribution in [0.4, 0.5) is 0 Å². The molecule has 0 bridgehead atoms.